The molecule has 0 fully saturated rings. The van der Waals surface area contributed by atoms with Crippen LogP contribution >= 0.6 is 0 Å². The molecule has 0 spiro atoms. The number of amides is 6. The van der Waals surface area contributed by atoms with Gasteiger partial charge in [0.15, 0.2) is 0 Å². The zero-order valence-electron chi connectivity index (χ0n) is 27.3. The summed E-state index contributed by atoms with van der Waals surface area (Å²) in [5, 5.41) is 10.7. The number of urea groups is 1. The quantitative estimate of drug-likeness (QED) is 0.155. The lowest BCUT2D eigenvalue weighted by Crippen LogP contribution is -2.54. The average molecular weight is 621 g/mol. The van der Waals surface area contributed by atoms with Crippen molar-refractivity contribution in [1.29, 1.82) is 0 Å². The Hall–Kier alpha value is -4.16. The van der Waals surface area contributed by atoms with Crippen LogP contribution in [0.5, 0.6) is 0 Å². The summed E-state index contributed by atoms with van der Waals surface area (Å²) in [5.74, 6) is -1.43. The number of carbonyl (C=O) groups is 6. The molecule has 0 heterocycles. The van der Waals surface area contributed by atoms with Crippen molar-refractivity contribution < 1.29 is 33.5 Å². The fourth-order valence-electron chi connectivity index (χ4n) is 3.75. The van der Waals surface area contributed by atoms with Crippen molar-refractivity contribution in [1.82, 2.24) is 20.9 Å². The Morgan fingerprint density at radius 1 is 0.932 bits per heavy atom. The highest BCUT2D eigenvalue weighted by Crippen LogP contribution is 2.13. The fraction of sp³-hybridized carbons (Fsp3) is 0.613. The molecule has 0 aliphatic rings. The van der Waals surface area contributed by atoms with Gasteiger partial charge in [0.1, 0.15) is 24.5 Å². The summed E-state index contributed by atoms with van der Waals surface area (Å²) in [6, 6.07) is 4.18. The summed E-state index contributed by atoms with van der Waals surface area (Å²) in [7, 11) is 1.55. The van der Waals surface area contributed by atoms with Crippen LogP contribution in [0.25, 0.3) is 0 Å². The summed E-state index contributed by atoms with van der Waals surface area (Å²) < 4.78 is 5.26. The van der Waals surface area contributed by atoms with E-state index in [0.717, 1.165) is 6.42 Å². The first-order valence-electron chi connectivity index (χ1n) is 15.2. The SMILES string of the molecule is CC.CCCCC(=O)NC(C(=O)N[C@@H](CCCNC(N)=O)C(=O)Nc1ccc(COC(=O)N(C)CCC(C)=O)cc1)C(C)C. The van der Waals surface area contributed by atoms with Crippen molar-refractivity contribution in [3.63, 3.8) is 0 Å². The molecule has 6 amide bonds. The molecule has 248 valence electrons. The molecule has 0 aromatic heterocycles. The number of primary amides is 1. The van der Waals surface area contributed by atoms with Gasteiger partial charge in [0.05, 0.1) is 0 Å². The number of unbranched alkanes of at least 4 members (excludes halogenated alkanes) is 1. The van der Waals surface area contributed by atoms with Crippen molar-refractivity contribution in [2.24, 2.45) is 11.7 Å². The van der Waals surface area contributed by atoms with Crippen molar-refractivity contribution in [2.45, 2.75) is 98.8 Å². The van der Waals surface area contributed by atoms with Gasteiger partial charge in [-0.2, -0.15) is 0 Å². The van der Waals surface area contributed by atoms with Crippen LogP contribution in [-0.2, 0) is 30.5 Å². The van der Waals surface area contributed by atoms with Crippen LogP contribution in [0.15, 0.2) is 24.3 Å². The summed E-state index contributed by atoms with van der Waals surface area (Å²) in [5.41, 5.74) is 6.25. The van der Waals surface area contributed by atoms with Crippen LogP contribution < -0.4 is 27.0 Å². The second kappa shape index (κ2) is 22.4. The monoisotopic (exact) mass is 620 g/mol. The van der Waals surface area contributed by atoms with Gasteiger partial charge in [-0.15, -0.1) is 0 Å². The van der Waals surface area contributed by atoms with Crippen molar-refractivity contribution in [3.8, 4) is 0 Å². The molecule has 0 radical (unpaired) electrons. The normalized spacial score (nSPS) is 11.6. The minimum atomic E-state index is -0.952. The summed E-state index contributed by atoms with van der Waals surface area (Å²) in [6.45, 7) is 11.5. The third kappa shape index (κ3) is 17.1. The predicted molar refractivity (Wildman–Crippen MR) is 170 cm³/mol. The first kappa shape index (κ1) is 39.8. The lowest BCUT2D eigenvalue weighted by Gasteiger charge is -2.25. The van der Waals surface area contributed by atoms with E-state index in [1.54, 1.807) is 45.2 Å². The number of ether oxygens (including phenoxy) is 1. The molecule has 0 bridgehead atoms. The number of carbonyl (C=O) groups excluding carboxylic acids is 6. The molecule has 0 aliphatic carbocycles. The van der Waals surface area contributed by atoms with E-state index >= 15 is 0 Å². The minimum absolute atomic E-state index is 0.00356. The van der Waals surface area contributed by atoms with Crippen LogP contribution in [0.3, 0.4) is 0 Å². The van der Waals surface area contributed by atoms with Crippen molar-refractivity contribution in [2.75, 3.05) is 25.5 Å². The number of Topliss-reactive ketones (excluding diaryl/α,β-unsaturated/α-hetero) is 1. The van der Waals surface area contributed by atoms with E-state index in [1.165, 1.54) is 11.8 Å². The Morgan fingerprint density at radius 2 is 1.57 bits per heavy atom. The highest BCUT2D eigenvalue weighted by molar-refractivity contribution is 5.98. The highest BCUT2D eigenvalue weighted by Gasteiger charge is 2.28. The Morgan fingerprint density at radius 3 is 2.11 bits per heavy atom. The standard InChI is InChI=1S/C29H46N6O7.C2H6/c1-6-7-10-24(37)34-25(19(2)3)27(39)33-23(9-8-16-31-28(30)40)26(38)32-22-13-11-21(12-14-22)18-42-29(41)35(5)17-15-20(4)36;1-2/h11-14,19,23,25H,6-10,15-18H2,1-5H3,(H,32,38)(H,33,39)(H,34,37)(H3,30,31,40);1-2H3/t23-,25?;/m0./s1. The van der Waals surface area contributed by atoms with Gasteiger partial charge in [0, 0.05) is 38.7 Å². The maximum atomic E-state index is 13.2. The molecular formula is C31H52N6O7. The molecule has 0 saturated carbocycles. The minimum Gasteiger partial charge on any atom is -0.445 e. The molecule has 13 nitrogen and oxygen atoms in total. The van der Waals surface area contributed by atoms with E-state index < -0.39 is 36.0 Å². The molecule has 0 saturated heterocycles. The highest BCUT2D eigenvalue weighted by atomic mass is 16.6. The smallest absolute Gasteiger partial charge is 0.409 e. The number of nitrogens with zero attached hydrogens (tertiary/aromatic N) is 1. The number of hydrogen-bond acceptors (Lipinski definition) is 7. The van der Waals surface area contributed by atoms with E-state index in [0.29, 0.717) is 30.5 Å². The maximum Gasteiger partial charge on any atom is 0.409 e. The summed E-state index contributed by atoms with van der Waals surface area (Å²) in [6.07, 6.45) is 2.11. The van der Waals surface area contributed by atoms with Gasteiger partial charge in [-0.1, -0.05) is 53.2 Å². The Labute approximate surface area is 261 Å². The maximum absolute atomic E-state index is 13.2. The Balaban J connectivity index is 0.00000904. The molecule has 44 heavy (non-hydrogen) atoms. The summed E-state index contributed by atoms with van der Waals surface area (Å²) in [4.78, 5) is 74.2. The van der Waals surface area contributed by atoms with E-state index in [-0.39, 0.29) is 50.1 Å². The number of anilines is 1. The molecule has 1 rings (SSSR count). The number of nitrogens with two attached hydrogens (primary N) is 1. The number of ketones is 1. The number of hydrogen-bond donors (Lipinski definition) is 5. The predicted octanol–water partition coefficient (Wildman–Crippen LogP) is 3.46. The molecule has 13 heteroatoms. The molecule has 6 N–H and O–H groups in total. The summed E-state index contributed by atoms with van der Waals surface area (Å²) >= 11 is 0. The van der Waals surface area contributed by atoms with Gasteiger partial charge < -0.3 is 36.6 Å². The molecule has 0 aliphatic heterocycles. The second-order valence-electron chi connectivity index (χ2n) is 10.5. The van der Waals surface area contributed by atoms with Crippen LogP contribution in [0.2, 0.25) is 0 Å². The second-order valence-corrected chi connectivity index (χ2v) is 10.5. The average Bonchev–Trinajstić information content (AvgIpc) is 2.98. The third-order valence-corrected chi connectivity index (χ3v) is 6.32. The largest absolute Gasteiger partial charge is 0.445 e. The Bertz CT molecular complexity index is 1060. The van der Waals surface area contributed by atoms with E-state index in [1.807, 2.05) is 20.8 Å². The van der Waals surface area contributed by atoms with Crippen LogP contribution in [0.4, 0.5) is 15.3 Å². The van der Waals surface area contributed by atoms with Gasteiger partial charge in [-0.25, -0.2) is 9.59 Å². The third-order valence-electron chi connectivity index (χ3n) is 6.32. The lowest BCUT2D eigenvalue weighted by atomic mass is 10.0. The molecule has 2 atom stereocenters. The number of rotatable bonds is 18. The zero-order valence-corrected chi connectivity index (χ0v) is 27.3. The topological polar surface area (TPSA) is 189 Å². The number of nitrogens with one attached hydrogen (secondary N) is 4. The molecule has 1 aromatic rings. The van der Waals surface area contributed by atoms with Gasteiger partial charge in [-0.3, -0.25) is 19.2 Å². The van der Waals surface area contributed by atoms with Crippen LogP contribution in [0.1, 0.15) is 85.6 Å². The van der Waals surface area contributed by atoms with E-state index in [4.69, 9.17) is 10.5 Å². The van der Waals surface area contributed by atoms with Crippen LogP contribution in [0, 0.1) is 5.92 Å². The van der Waals surface area contributed by atoms with Crippen molar-refractivity contribution >= 4 is 41.3 Å². The first-order valence-corrected chi connectivity index (χ1v) is 15.2. The van der Waals surface area contributed by atoms with E-state index in [9.17, 15) is 28.8 Å². The fourth-order valence-corrected chi connectivity index (χ4v) is 3.75. The van der Waals surface area contributed by atoms with Gasteiger partial charge in [0.25, 0.3) is 0 Å². The van der Waals surface area contributed by atoms with Crippen molar-refractivity contribution in [3.05, 3.63) is 29.8 Å². The number of benzene rings is 1. The molecule has 1 unspecified atom stereocenters. The van der Waals surface area contributed by atoms with E-state index in [2.05, 4.69) is 21.3 Å². The van der Waals surface area contributed by atoms with Gasteiger partial charge >= 0.3 is 12.1 Å². The van der Waals surface area contributed by atoms with Crippen LogP contribution in [-0.4, -0.2) is 72.7 Å². The molecule has 1 aromatic carbocycles. The molecular weight excluding hydrogens is 568 g/mol. The Kier molecular flexibility index (Phi) is 20.3. The van der Waals surface area contributed by atoms with Gasteiger partial charge in [-0.05, 0) is 49.8 Å². The zero-order chi connectivity index (χ0) is 33.7. The lowest BCUT2D eigenvalue weighted by molar-refractivity contribution is -0.132. The first-order chi connectivity index (χ1) is 20.8. The van der Waals surface area contributed by atoms with Gasteiger partial charge in [0.2, 0.25) is 17.7 Å².